The Hall–Kier alpha value is -0.525. The first-order chi connectivity index (χ1) is 3.80. The summed E-state index contributed by atoms with van der Waals surface area (Å²) in [4.78, 5) is 4.11. The molecule has 0 amide bonds. The van der Waals surface area contributed by atoms with Crippen LogP contribution in [0.5, 0.6) is 0 Å². The molecule has 1 aliphatic rings. The highest BCUT2D eigenvalue weighted by Gasteiger charge is 2.03. The summed E-state index contributed by atoms with van der Waals surface area (Å²) in [6, 6.07) is 0. The molecule has 0 saturated carbocycles. The Balaban J connectivity index is 2.66. The van der Waals surface area contributed by atoms with Gasteiger partial charge in [-0.05, 0) is 18.8 Å². The molecule has 8 heavy (non-hydrogen) atoms. The SMILES string of the molecule is BC1CN=CC=C1C. The number of rotatable bonds is 0. The van der Waals surface area contributed by atoms with Crippen molar-refractivity contribution in [2.75, 3.05) is 6.54 Å². The van der Waals surface area contributed by atoms with Gasteiger partial charge in [-0.3, -0.25) is 4.99 Å². The van der Waals surface area contributed by atoms with Crippen molar-refractivity contribution in [2.45, 2.75) is 12.7 Å². The fourth-order valence-electron chi connectivity index (χ4n) is 0.698. The number of hydrogen-bond acceptors (Lipinski definition) is 1. The normalized spacial score (nSPS) is 27.6. The van der Waals surface area contributed by atoms with E-state index < -0.39 is 0 Å². The first-order valence-corrected chi connectivity index (χ1v) is 2.97. The fourth-order valence-corrected chi connectivity index (χ4v) is 0.698. The first-order valence-electron chi connectivity index (χ1n) is 2.97. The summed E-state index contributed by atoms with van der Waals surface area (Å²) in [7, 11) is 2.20. The molecule has 0 aromatic heterocycles. The topological polar surface area (TPSA) is 12.4 Å². The monoisotopic (exact) mass is 107 g/mol. The summed E-state index contributed by atoms with van der Waals surface area (Å²) >= 11 is 0. The largest absolute Gasteiger partial charge is 0.293 e. The van der Waals surface area contributed by atoms with Crippen LogP contribution in [0.25, 0.3) is 0 Å². The minimum atomic E-state index is 0.667. The molecule has 1 aliphatic heterocycles. The van der Waals surface area contributed by atoms with Crippen LogP contribution >= 0.6 is 0 Å². The predicted octanol–water partition coefficient (Wildman–Crippen LogP) is 0.439. The van der Waals surface area contributed by atoms with Gasteiger partial charge in [0.25, 0.3) is 0 Å². The van der Waals surface area contributed by atoms with Crippen LogP contribution in [-0.4, -0.2) is 20.6 Å². The zero-order chi connectivity index (χ0) is 5.98. The van der Waals surface area contributed by atoms with E-state index >= 15 is 0 Å². The molecule has 2 heteroatoms. The van der Waals surface area contributed by atoms with E-state index in [1.165, 1.54) is 5.57 Å². The highest BCUT2D eigenvalue weighted by molar-refractivity contribution is 6.14. The van der Waals surface area contributed by atoms with Gasteiger partial charge in [0.1, 0.15) is 7.85 Å². The molecule has 0 N–H and O–H groups in total. The lowest BCUT2D eigenvalue weighted by atomic mass is 9.80. The second kappa shape index (κ2) is 2.16. The van der Waals surface area contributed by atoms with Gasteiger partial charge in [-0.25, -0.2) is 0 Å². The van der Waals surface area contributed by atoms with Crippen molar-refractivity contribution in [3.8, 4) is 0 Å². The number of nitrogens with zero attached hydrogens (tertiary/aromatic N) is 1. The van der Waals surface area contributed by atoms with E-state index in [4.69, 9.17) is 0 Å². The smallest absolute Gasteiger partial charge is 0.113 e. The van der Waals surface area contributed by atoms with E-state index in [-0.39, 0.29) is 0 Å². The van der Waals surface area contributed by atoms with Crippen LogP contribution in [0.2, 0.25) is 5.82 Å². The highest BCUT2D eigenvalue weighted by Crippen LogP contribution is 2.14. The van der Waals surface area contributed by atoms with Crippen LogP contribution in [0.1, 0.15) is 6.92 Å². The lowest BCUT2D eigenvalue weighted by Crippen LogP contribution is -2.02. The molecule has 1 unspecified atom stereocenters. The van der Waals surface area contributed by atoms with Crippen LogP contribution in [0.3, 0.4) is 0 Å². The Bertz CT molecular complexity index is 137. The average molecular weight is 107 g/mol. The van der Waals surface area contributed by atoms with Crippen molar-refractivity contribution < 1.29 is 0 Å². The van der Waals surface area contributed by atoms with Gasteiger partial charge in [-0.15, -0.1) is 0 Å². The Morgan fingerprint density at radius 3 is 3.00 bits per heavy atom. The number of aliphatic imine (C=N–C) groups is 1. The van der Waals surface area contributed by atoms with Crippen molar-refractivity contribution in [3.05, 3.63) is 11.6 Å². The van der Waals surface area contributed by atoms with Crippen molar-refractivity contribution in [2.24, 2.45) is 4.99 Å². The second-order valence-electron chi connectivity index (χ2n) is 2.33. The van der Waals surface area contributed by atoms with Crippen molar-refractivity contribution in [3.63, 3.8) is 0 Å². The van der Waals surface area contributed by atoms with Crippen LogP contribution in [0.15, 0.2) is 16.6 Å². The summed E-state index contributed by atoms with van der Waals surface area (Å²) in [5, 5.41) is 0. The molecule has 0 bridgehead atoms. The molecule has 0 radical (unpaired) electrons. The Morgan fingerprint density at radius 2 is 2.62 bits per heavy atom. The predicted molar refractivity (Wildman–Crippen MR) is 39.4 cm³/mol. The molecule has 42 valence electrons. The number of hydrogen-bond donors (Lipinski definition) is 0. The maximum absolute atomic E-state index is 4.11. The summed E-state index contributed by atoms with van der Waals surface area (Å²) in [6.45, 7) is 3.12. The van der Waals surface area contributed by atoms with Crippen LogP contribution < -0.4 is 0 Å². The molecule has 1 rings (SSSR count). The molecule has 1 atom stereocenters. The summed E-state index contributed by atoms with van der Waals surface area (Å²) in [5.41, 5.74) is 1.44. The average Bonchev–Trinajstić information content (AvgIpc) is 1.77. The van der Waals surface area contributed by atoms with E-state index in [0.717, 1.165) is 6.54 Å². The maximum atomic E-state index is 4.11. The highest BCUT2D eigenvalue weighted by atomic mass is 14.7. The Morgan fingerprint density at radius 1 is 1.88 bits per heavy atom. The van der Waals surface area contributed by atoms with Gasteiger partial charge in [0.2, 0.25) is 0 Å². The Kier molecular flexibility index (Phi) is 1.52. The molecule has 1 heterocycles. The van der Waals surface area contributed by atoms with Crippen LogP contribution in [0, 0.1) is 0 Å². The fraction of sp³-hybridized carbons (Fsp3) is 0.500. The first kappa shape index (κ1) is 5.61. The van der Waals surface area contributed by atoms with Crippen molar-refractivity contribution in [1.82, 2.24) is 0 Å². The Labute approximate surface area is 50.9 Å². The second-order valence-corrected chi connectivity index (χ2v) is 2.33. The minimum Gasteiger partial charge on any atom is -0.293 e. The third-order valence-corrected chi connectivity index (χ3v) is 1.60. The molecular weight excluding hydrogens is 96.9 g/mol. The number of allylic oxidation sites excluding steroid dienone is 1. The maximum Gasteiger partial charge on any atom is 0.113 e. The van der Waals surface area contributed by atoms with Crippen LogP contribution in [-0.2, 0) is 0 Å². The number of dihydropyridines is 1. The molecule has 0 aliphatic carbocycles. The quantitative estimate of drug-likeness (QED) is 0.398. The van der Waals surface area contributed by atoms with Gasteiger partial charge in [0, 0.05) is 12.8 Å². The third-order valence-electron chi connectivity index (χ3n) is 1.60. The van der Waals surface area contributed by atoms with E-state index in [9.17, 15) is 0 Å². The van der Waals surface area contributed by atoms with Gasteiger partial charge in [-0.1, -0.05) is 5.57 Å². The third kappa shape index (κ3) is 0.999. The summed E-state index contributed by atoms with van der Waals surface area (Å²) in [6.07, 6.45) is 3.96. The molecule has 0 fully saturated rings. The summed E-state index contributed by atoms with van der Waals surface area (Å²) in [5.74, 6) is 0.667. The standard InChI is InChI=1S/C6H10BN/c1-5-2-3-8-4-6(5)7/h2-3,6H,4,7H2,1H3. The zero-order valence-electron chi connectivity index (χ0n) is 5.39. The minimum absolute atomic E-state index is 0.667. The van der Waals surface area contributed by atoms with Gasteiger partial charge in [-0.2, -0.15) is 0 Å². The molecule has 0 aromatic rings. The summed E-state index contributed by atoms with van der Waals surface area (Å²) < 4.78 is 0. The van der Waals surface area contributed by atoms with Crippen molar-refractivity contribution >= 4 is 14.1 Å². The van der Waals surface area contributed by atoms with Gasteiger partial charge in [0.05, 0.1) is 0 Å². The van der Waals surface area contributed by atoms with E-state index in [1.54, 1.807) is 0 Å². The van der Waals surface area contributed by atoms with Gasteiger partial charge in [0.15, 0.2) is 0 Å². The molecule has 0 saturated heterocycles. The molecule has 0 spiro atoms. The molecule has 0 aromatic carbocycles. The van der Waals surface area contributed by atoms with Crippen molar-refractivity contribution in [1.29, 1.82) is 0 Å². The van der Waals surface area contributed by atoms with Gasteiger partial charge < -0.3 is 0 Å². The molecular formula is C6H10BN. The molecule has 1 nitrogen and oxygen atoms in total. The lowest BCUT2D eigenvalue weighted by Gasteiger charge is -2.10. The van der Waals surface area contributed by atoms with E-state index in [0.29, 0.717) is 5.82 Å². The lowest BCUT2D eigenvalue weighted by molar-refractivity contribution is 0.937. The van der Waals surface area contributed by atoms with E-state index in [1.807, 2.05) is 6.21 Å². The van der Waals surface area contributed by atoms with Crippen LogP contribution in [0.4, 0.5) is 0 Å². The van der Waals surface area contributed by atoms with E-state index in [2.05, 4.69) is 25.8 Å². The zero-order valence-corrected chi connectivity index (χ0v) is 5.39. The van der Waals surface area contributed by atoms with Gasteiger partial charge >= 0.3 is 0 Å².